The summed E-state index contributed by atoms with van der Waals surface area (Å²) in [6.07, 6.45) is 9.93. The zero-order valence-electron chi connectivity index (χ0n) is 22.3. The summed E-state index contributed by atoms with van der Waals surface area (Å²) in [5.74, 6) is 0.886. The molecule has 0 heterocycles. The van der Waals surface area contributed by atoms with Crippen molar-refractivity contribution in [2.75, 3.05) is 23.9 Å². The van der Waals surface area contributed by atoms with Gasteiger partial charge in [-0.1, -0.05) is 93.8 Å². The number of allylic oxidation sites excluding steroid dienone is 1. The number of amides is 1. The second-order valence-corrected chi connectivity index (χ2v) is 10.6. The van der Waals surface area contributed by atoms with Crippen LogP contribution in [0.2, 0.25) is 0 Å². The molecular weight excluding hydrogens is 440 g/mol. The highest BCUT2D eigenvalue weighted by atomic mass is 16.2. The lowest BCUT2D eigenvalue weighted by Gasteiger charge is -2.30. The second-order valence-electron chi connectivity index (χ2n) is 10.6. The van der Waals surface area contributed by atoms with Crippen molar-refractivity contribution in [1.29, 1.82) is 0 Å². The number of carbonyl (C=O) groups is 1. The van der Waals surface area contributed by atoms with Crippen LogP contribution in [-0.2, 0) is 11.3 Å². The molecule has 0 unspecified atom stereocenters. The molecule has 1 amide bonds. The van der Waals surface area contributed by atoms with Gasteiger partial charge >= 0.3 is 0 Å². The van der Waals surface area contributed by atoms with Gasteiger partial charge in [0.15, 0.2) is 0 Å². The number of carbonyl (C=O) groups excluding carboxylic acids is 1. The first-order valence-electron chi connectivity index (χ1n) is 13.4. The molecule has 0 atom stereocenters. The number of hydrogen-bond acceptors (Lipinski definition) is 2. The molecule has 1 aliphatic carbocycles. The first-order valence-corrected chi connectivity index (χ1v) is 13.4. The third-order valence-electron chi connectivity index (χ3n) is 7.09. The summed E-state index contributed by atoms with van der Waals surface area (Å²) in [6, 6.07) is 25.7. The number of rotatable bonds is 8. The molecule has 0 saturated heterocycles. The van der Waals surface area contributed by atoms with Gasteiger partial charge < -0.3 is 9.80 Å². The maximum atomic E-state index is 13.8. The fourth-order valence-electron chi connectivity index (χ4n) is 4.90. The average molecular weight is 481 g/mol. The van der Waals surface area contributed by atoms with Gasteiger partial charge in [0.25, 0.3) is 0 Å². The summed E-state index contributed by atoms with van der Waals surface area (Å²) >= 11 is 0. The maximum Gasteiger partial charge on any atom is 0.230 e. The fraction of sp³-hybridized carbons (Fsp3) is 0.364. The summed E-state index contributed by atoms with van der Waals surface area (Å²) in [4.78, 5) is 17.9. The molecule has 1 saturated carbocycles. The molecule has 3 aromatic rings. The van der Waals surface area contributed by atoms with Gasteiger partial charge in [-0.2, -0.15) is 0 Å². The molecule has 36 heavy (non-hydrogen) atoms. The van der Waals surface area contributed by atoms with Crippen molar-refractivity contribution in [3.05, 3.63) is 90.0 Å². The summed E-state index contributed by atoms with van der Waals surface area (Å²) < 4.78 is 0. The predicted molar refractivity (Wildman–Crippen MR) is 154 cm³/mol. The number of nitrogens with zero attached hydrogens (tertiary/aromatic N) is 2. The first kappa shape index (κ1) is 25.8. The monoisotopic (exact) mass is 480 g/mol. The van der Waals surface area contributed by atoms with Gasteiger partial charge in [0.05, 0.1) is 6.54 Å². The highest BCUT2D eigenvalue weighted by Gasteiger charge is 2.27. The highest BCUT2D eigenvalue weighted by Crippen LogP contribution is 2.30. The summed E-state index contributed by atoms with van der Waals surface area (Å²) in [5, 5.41) is 0. The van der Waals surface area contributed by atoms with Crippen LogP contribution in [0.15, 0.2) is 78.9 Å². The molecule has 3 heteroatoms. The lowest BCUT2D eigenvalue weighted by atomic mass is 9.88. The molecule has 0 spiro atoms. The molecule has 1 aliphatic rings. The van der Waals surface area contributed by atoms with E-state index >= 15 is 0 Å². The smallest absolute Gasteiger partial charge is 0.230 e. The third-order valence-corrected chi connectivity index (χ3v) is 7.09. The van der Waals surface area contributed by atoms with Crippen LogP contribution in [0.25, 0.3) is 17.2 Å². The van der Waals surface area contributed by atoms with Gasteiger partial charge in [-0.05, 0) is 65.3 Å². The Morgan fingerprint density at radius 3 is 2.11 bits per heavy atom. The topological polar surface area (TPSA) is 23.6 Å². The molecule has 188 valence electrons. The van der Waals surface area contributed by atoms with Gasteiger partial charge in [-0.25, -0.2) is 0 Å². The van der Waals surface area contributed by atoms with Gasteiger partial charge in [0, 0.05) is 31.4 Å². The minimum atomic E-state index is 0.128. The lowest BCUT2D eigenvalue weighted by Crippen LogP contribution is -2.36. The Morgan fingerprint density at radius 1 is 0.861 bits per heavy atom. The number of benzene rings is 3. The Hall–Kier alpha value is -3.33. The standard InChI is InChI=1S/C33H40N2O/c1-25(2)13-14-26-9-8-12-32(23-26)35(33(36)30-10-6-5-7-11-30)24-27-15-17-28(18-16-27)29-19-21-31(22-20-29)34(3)4/h8-9,12-23,25,30H,5-7,10-11,24H2,1-4H3/b14-13+. The van der Waals surface area contributed by atoms with Crippen LogP contribution < -0.4 is 9.80 Å². The summed E-state index contributed by atoms with van der Waals surface area (Å²) in [6.45, 7) is 4.95. The number of anilines is 2. The van der Waals surface area contributed by atoms with Crippen molar-refractivity contribution >= 4 is 23.4 Å². The van der Waals surface area contributed by atoms with E-state index in [0.717, 1.165) is 42.5 Å². The average Bonchev–Trinajstić information content (AvgIpc) is 2.91. The Kier molecular flexibility index (Phi) is 8.64. The van der Waals surface area contributed by atoms with E-state index in [-0.39, 0.29) is 11.8 Å². The van der Waals surface area contributed by atoms with Gasteiger partial charge in [0.2, 0.25) is 5.91 Å². The minimum Gasteiger partial charge on any atom is -0.378 e. The first-order chi connectivity index (χ1) is 17.4. The zero-order valence-corrected chi connectivity index (χ0v) is 22.3. The maximum absolute atomic E-state index is 13.8. The predicted octanol–water partition coefficient (Wildman–Crippen LogP) is 8.20. The van der Waals surface area contributed by atoms with E-state index in [1.807, 2.05) is 4.90 Å². The molecule has 0 N–H and O–H groups in total. The molecular formula is C33H40N2O. The van der Waals surface area contributed by atoms with Gasteiger partial charge in [0.1, 0.15) is 0 Å². The highest BCUT2D eigenvalue weighted by molar-refractivity contribution is 5.95. The van der Waals surface area contributed by atoms with Crippen LogP contribution in [0.4, 0.5) is 11.4 Å². The SMILES string of the molecule is CC(C)/C=C/c1cccc(N(Cc2ccc(-c3ccc(N(C)C)cc3)cc2)C(=O)C2CCCCC2)c1. The molecule has 3 nitrogen and oxygen atoms in total. The van der Waals surface area contributed by atoms with Crippen molar-refractivity contribution in [2.45, 2.75) is 52.5 Å². The quantitative estimate of drug-likeness (QED) is 0.324. The Bertz CT molecular complexity index is 1150. The Labute approximate surface area is 217 Å². The molecule has 0 aromatic heterocycles. The molecule has 0 aliphatic heterocycles. The largest absolute Gasteiger partial charge is 0.378 e. The van der Waals surface area contributed by atoms with Crippen LogP contribution in [0.5, 0.6) is 0 Å². The molecule has 4 rings (SSSR count). The Balaban J connectivity index is 1.58. The number of hydrogen-bond donors (Lipinski definition) is 0. The van der Waals surface area contributed by atoms with Crippen LogP contribution in [0.3, 0.4) is 0 Å². The summed E-state index contributed by atoms with van der Waals surface area (Å²) in [7, 11) is 4.11. The van der Waals surface area contributed by atoms with Crippen molar-refractivity contribution in [2.24, 2.45) is 11.8 Å². The Morgan fingerprint density at radius 2 is 1.50 bits per heavy atom. The van der Waals surface area contributed by atoms with Crippen LogP contribution in [0.1, 0.15) is 57.1 Å². The normalized spacial score (nSPS) is 14.4. The van der Waals surface area contributed by atoms with Crippen molar-refractivity contribution in [1.82, 2.24) is 0 Å². The van der Waals surface area contributed by atoms with E-state index in [1.165, 1.54) is 23.2 Å². The fourth-order valence-corrected chi connectivity index (χ4v) is 4.90. The molecule has 0 bridgehead atoms. The molecule has 3 aromatic carbocycles. The molecule has 1 fully saturated rings. The van der Waals surface area contributed by atoms with E-state index in [4.69, 9.17) is 0 Å². The van der Waals surface area contributed by atoms with Crippen LogP contribution >= 0.6 is 0 Å². The minimum absolute atomic E-state index is 0.128. The van der Waals surface area contributed by atoms with E-state index in [9.17, 15) is 4.79 Å². The third kappa shape index (κ3) is 6.66. The van der Waals surface area contributed by atoms with E-state index in [1.54, 1.807) is 0 Å². The molecule has 0 radical (unpaired) electrons. The zero-order chi connectivity index (χ0) is 25.5. The summed E-state index contributed by atoms with van der Waals surface area (Å²) in [5.41, 5.74) is 6.86. The van der Waals surface area contributed by atoms with Gasteiger partial charge in [-0.3, -0.25) is 4.79 Å². The van der Waals surface area contributed by atoms with Crippen LogP contribution in [0, 0.1) is 11.8 Å². The lowest BCUT2D eigenvalue weighted by molar-refractivity contribution is -0.123. The van der Waals surface area contributed by atoms with Crippen LogP contribution in [-0.4, -0.2) is 20.0 Å². The van der Waals surface area contributed by atoms with E-state index in [0.29, 0.717) is 12.5 Å². The van der Waals surface area contributed by atoms with E-state index < -0.39 is 0 Å². The van der Waals surface area contributed by atoms with Crippen molar-refractivity contribution < 1.29 is 4.79 Å². The van der Waals surface area contributed by atoms with Crippen molar-refractivity contribution in [3.8, 4) is 11.1 Å². The van der Waals surface area contributed by atoms with E-state index in [2.05, 4.69) is 118 Å². The van der Waals surface area contributed by atoms with Crippen molar-refractivity contribution in [3.63, 3.8) is 0 Å². The van der Waals surface area contributed by atoms with Gasteiger partial charge in [-0.15, -0.1) is 0 Å². The second kappa shape index (κ2) is 12.1.